The standard InChI is InChI=1S/C13H19ClO/c1-4-13(2,3)12(15)9-10-6-5-7-11(14)8-10/h5-8,12,15H,4,9H2,1-3H3. The van der Waals surface area contributed by atoms with Crippen molar-refractivity contribution in [3.63, 3.8) is 0 Å². The minimum Gasteiger partial charge on any atom is -0.392 e. The second-order valence-electron chi connectivity index (χ2n) is 4.69. The van der Waals surface area contributed by atoms with Gasteiger partial charge in [0.05, 0.1) is 6.10 Å². The van der Waals surface area contributed by atoms with E-state index in [2.05, 4.69) is 20.8 Å². The van der Waals surface area contributed by atoms with Crippen molar-refractivity contribution in [2.24, 2.45) is 5.41 Å². The molecule has 1 aromatic carbocycles. The summed E-state index contributed by atoms with van der Waals surface area (Å²) in [5.74, 6) is 0. The maximum Gasteiger partial charge on any atom is 0.0631 e. The summed E-state index contributed by atoms with van der Waals surface area (Å²) in [5.41, 5.74) is 1.05. The second-order valence-corrected chi connectivity index (χ2v) is 5.13. The summed E-state index contributed by atoms with van der Waals surface area (Å²) >= 11 is 5.89. The van der Waals surface area contributed by atoms with Crippen molar-refractivity contribution in [1.82, 2.24) is 0 Å². The van der Waals surface area contributed by atoms with Crippen LogP contribution >= 0.6 is 11.6 Å². The van der Waals surface area contributed by atoms with Crippen LogP contribution in [0.1, 0.15) is 32.8 Å². The Hall–Kier alpha value is -0.530. The van der Waals surface area contributed by atoms with Crippen molar-refractivity contribution in [2.75, 3.05) is 0 Å². The summed E-state index contributed by atoms with van der Waals surface area (Å²) in [6.45, 7) is 6.27. The Bertz CT molecular complexity index is 320. The third-order valence-corrected chi connectivity index (χ3v) is 3.37. The van der Waals surface area contributed by atoms with Gasteiger partial charge in [0.25, 0.3) is 0 Å². The lowest BCUT2D eigenvalue weighted by atomic mass is 9.81. The Labute approximate surface area is 97.1 Å². The highest BCUT2D eigenvalue weighted by molar-refractivity contribution is 6.30. The lowest BCUT2D eigenvalue weighted by Crippen LogP contribution is -2.30. The summed E-state index contributed by atoms with van der Waals surface area (Å²) in [7, 11) is 0. The van der Waals surface area contributed by atoms with E-state index < -0.39 is 0 Å². The van der Waals surface area contributed by atoms with Crippen LogP contribution in [0.15, 0.2) is 24.3 Å². The molecule has 1 aromatic rings. The topological polar surface area (TPSA) is 20.2 Å². The van der Waals surface area contributed by atoms with Crippen LogP contribution in [-0.4, -0.2) is 11.2 Å². The fourth-order valence-electron chi connectivity index (χ4n) is 1.40. The maximum atomic E-state index is 10.1. The molecule has 0 aliphatic heterocycles. The van der Waals surface area contributed by atoms with Crippen molar-refractivity contribution in [3.05, 3.63) is 34.9 Å². The minimum absolute atomic E-state index is 0.0394. The molecule has 0 saturated carbocycles. The average Bonchev–Trinajstić information content (AvgIpc) is 2.17. The number of benzene rings is 1. The van der Waals surface area contributed by atoms with Gasteiger partial charge >= 0.3 is 0 Å². The van der Waals surface area contributed by atoms with Crippen molar-refractivity contribution in [1.29, 1.82) is 0 Å². The van der Waals surface area contributed by atoms with Crippen LogP contribution in [0.5, 0.6) is 0 Å². The normalized spacial score (nSPS) is 13.9. The van der Waals surface area contributed by atoms with Gasteiger partial charge in [-0.25, -0.2) is 0 Å². The molecule has 2 heteroatoms. The molecule has 0 aliphatic carbocycles. The molecule has 0 spiro atoms. The Balaban J connectivity index is 2.70. The molecule has 0 radical (unpaired) electrons. The van der Waals surface area contributed by atoms with Crippen molar-refractivity contribution in [2.45, 2.75) is 39.7 Å². The molecule has 0 saturated heterocycles. The van der Waals surface area contributed by atoms with Gasteiger partial charge in [-0.3, -0.25) is 0 Å². The summed E-state index contributed by atoms with van der Waals surface area (Å²) < 4.78 is 0. The average molecular weight is 227 g/mol. The fourth-order valence-corrected chi connectivity index (χ4v) is 1.61. The first-order chi connectivity index (χ1) is 6.95. The highest BCUT2D eigenvalue weighted by atomic mass is 35.5. The predicted octanol–water partition coefficient (Wildman–Crippen LogP) is 3.68. The molecule has 1 rings (SSSR count). The molecule has 0 heterocycles. The van der Waals surface area contributed by atoms with Gasteiger partial charge in [0.1, 0.15) is 0 Å². The highest BCUT2D eigenvalue weighted by Crippen LogP contribution is 2.27. The van der Waals surface area contributed by atoms with Crippen LogP contribution in [0, 0.1) is 5.41 Å². The highest BCUT2D eigenvalue weighted by Gasteiger charge is 2.25. The molecule has 1 N–H and O–H groups in total. The molecule has 1 atom stereocenters. The Morgan fingerprint density at radius 1 is 1.40 bits per heavy atom. The summed E-state index contributed by atoms with van der Waals surface area (Å²) in [5, 5.41) is 10.8. The van der Waals surface area contributed by atoms with E-state index in [4.69, 9.17) is 11.6 Å². The molecule has 0 fully saturated rings. The third-order valence-electron chi connectivity index (χ3n) is 3.13. The van der Waals surface area contributed by atoms with Gasteiger partial charge in [-0.2, -0.15) is 0 Å². The van der Waals surface area contributed by atoms with Gasteiger partial charge in [0.2, 0.25) is 0 Å². The van der Waals surface area contributed by atoms with Gasteiger partial charge in [0, 0.05) is 5.02 Å². The molecular weight excluding hydrogens is 208 g/mol. The van der Waals surface area contributed by atoms with Crippen LogP contribution in [0.25, 0.3) is 0 Å². The van der Waals surface area contributed by atoms with E-state index in [1.165, 1.54) is 0 Å². The number of hydrogen-bond acceptors (Lipinski definition) is 1. The van der Waals surface area contributed by atoms with Crippen LogP contribution in [0.4, 0.5) is 0 Å². The van der Waals surface area contributed by atoms with Crippen LogP contribution in [-0.2, 0) is 6.42 Å². The minimum atomic E-state index is -0.319. The number of aliphatic hydroxyl groups excluding tert-OH is 1. The molecule has 15 heavy (non-hydrogen) atoms. The Morgan fingerprint density at radius 3 is 2.60 bits per heavy atom. The van der Waals surface area contributed by atoms with E-state index in [0.29, 0.717) is 6.42 Å². The Morgan fingerprint density at radius 2 is 2.07 bits per heavy atom. The molecule has 0 bridgehead atoms. The smallest absolute Gasteiger partial charge is 0.0631 e. The van der Waals surface area contributed by atoms with Gasteiger partial charge in [-0.05, 0) is 36.0 Å². The monoisotopic (exact) mass is 226 g/mol. The largest absolute Gasteiger partial charge is 0.392 e. The van der Waals surface area contributed by atoms with Crippen LogP contribution < -0.4 is 0 Å². The van der Waals surface area contributed by atoms with E-state index in [1.807, 2.05) is 24.3 Å². The van der Waals surface area contributed by atoms with E-state index >= 15 is 0 Å². The maximum absolute atomic E-state index is 10.1. The molecular formula is C13H19ClO. The van der Waals surface area contributed by atoms with Crippen molar-refractivity contribution >= 4 is 11.6 Å². The molecule has 0 aromatic heterocycles. The van der Waals surface area contributed by atoms with E-state index in [9.17, 15) is 5.11 Å². The predicted molar refractivity (Wildman–Crippen MR) is 65.2 cm³/mol. The molecule has 0 amide bonds. The number of rotatable bonds is 4. The zero-order valence-corrected chi connectivity index (χ0v) is 10.4. The molecule has 1 nitrogen and oxygen atoms in total. The first-order valence-corrected chi connectivity index (χ1v) is 5.76. The quantitative estimate of drug-likeness (QED) is 0.831. The first-order valence-electron chi connectivity index (χ1n) is 5.38. The second kappa shape index (κ2) is 5.00. The molecule has 0 aliphatic rings. The summed E-state index contributed by atoms with van der Waals surface area (Å²) in [4.78, 5) is 0. The molecule has 84 valence electrons. The number of aliphatic hydroxyl groups is 1. The zero-order valence-electron chi connectivity index (χ0n) is 9.63. The lowest BCUT2D eigenvalue weighted by molar-refractivity contribution is 0.0479. The SMILES string of the molecule is CCC(C)(C)C(O)Cc1cccc(Cl)c1. The Kier molecular flexibility index (Phi) is 4.18. The van der Waals surface area contributed by atoms with Crippen LogP contribution in [0.3, 0.4) is 0 Å². The molecule has 1 unspecified atom stereocenters. The fraction of sp³-hybridized carbons (Fsp3) is 0.538. The van der Waals surface area contributed by atoms with Gasteiger partial charge in [-0.1, -0.05) is 44.5 Å². The zero-order chi connectivity index (χ0) is 11.5. The number of halogens is 1. The van der Waals surface area contributed by atoms with Crippen LogP contribution in [0.2, 0.25) is 5.02 Å². The van der Waals surface area contributed by atoms with Gasteiger partial charge in [0.15, 0.2) is 0 Å². The summed E-state index contributed by atoms with van der Waals surface area (Å²) in [6, 6.07) is 7.68. The number of hydrogen-bond donors (Lipinski definition) is 1. The van der Waals surface area contributed by atoms with E-state index in [1.54, 1.807) is 0 Å². The van der Waals surface area contributed by atoms with Crippen molar-refractivity contribution in [3.8, 4) is 0 Å². The lowest BCUT2D eigenvalue weighted by Gasteiger charge is -2.29. The van der Waals surface area contributed by atoms with Gasteiger partial charge < -0.3 is 5.11 Å². The third kappa shape index (κ3) is 3.51. The van der Waals surface area contributed by atoms with Gasteiger partial charge in [-0.15, -0.1) is 0 Å². The van der Waals surface area contributed by atoms with Crippen molar-refractivity contribution < 1.29 is 5.11 Å². The summed E-state index contributed by atoms with van der Waals surface area (Å²) in [6.07, 6.45) is 1.32. The van der Waals surface area contributed by atoms with E-state index in [-0.39, 0.29) is 11.5 Å². The van der Waals surface area contributed by atoms with E-state index in [0.717, 1.165) is 17.0 Å². The first kappa shape index (κ1) is 12.5.